The van der Waals surface area contributed by atoms with E-state index < -0.39 is 0 Å². The van der Waals surface area contributed by atoms with Crippen molar-refractivity contribution >= 4 is 28.9 Å². The van der Waals surface area contributed by atoms with Crippen molar-refractivity contribution < 1.29 is 9.53 Å². The second-order valence-electron chi connectivity index (χ2n) is 7.30. The molecule has 1 amide bonds. The topological polar surface area (TPSA) is 41.9 Å². The fourth-order valence-electron chi connectivity index (χ4n) is 3.42. The van der Waals surface area contributed by atoms with Crippen molar-refractivity contribution in [1.82, 2.24) is 4.90 Å². The minimum atomic E-state index is -0.0193. The van der Waals surface area contributed by atoms with E-state index >= 15 is 0 Å². The molecule has 31 heavy (non-hydrogen) atoms. The number of benzene rings is 3. The molecular weight excluding hydrogens is 404 g/mol. The Bertz CT molecular complexity index is 1120. The fourth-order valence-corrected chi connectivity index (χ4v) is 4.39. The third-order valence-corrected chi connectivity index (χ3v) is 6.07. The van der Waals surface area contributed by atoms with Crippen LogP contribution in [-0.4, -0.2) is 23.1 Å². The van der Waals surface area contributed by atoms with Crippen molar-refractivity contribution in [1.29, 1.82) is 0 Å². The Hall–Kier alpha value is -3.31. The highest BCUT2D eigenvalue weighted by molar-refractivity contribution is 8.18. The smallest absolute Gasteiger partial charge is 0.267 e. The summed E-state index contributed by atoms with van der Waals surface area (Å²) < 4.78 is 5.35. The van der Waals surface area contributed by atoms with Crippen LogP contribution in [0.5, 0.6) is 5.75 Å². The van der Waals surface area contributed by atoms with E-state index in [1.54, 1.807) is 12.0 Å². The molecule has 1 aliphatic heterocycles. The van der Waals surface area contributed by atoms with E-state index in [0.717, 1.165) is 33.2 Å². The molecular formula is C26H24N2O2S. The molecule has 1 saturated heterocycles. The van der Waals surface area contributed by atoms with Gasteiger partial charge in [-0.2, -0.15) is 0 Å². The Labute approximate surface area is 187 Å². The number of carbonyl (C=O) groups excluding carboxylic acids is 1. The van der Waals surface area contributed by atoms with E-state index in [2.05, 4.69) is 0 Å². The zero-order chi connectivity index (χ0) is 21.6. The number of hydrogen-bond donors (Lipinski definition) is 0. The molecule has 0 aliphatic carbocycles. The van der Waals surface area contributed by atoms with Gasteiger partial charge < -0.3 is 4.74 Å². The van der Waals surface area contributed by atoms with Crippen molar-refractivity contribution in [3.05, 3.63) is 106 Å². The van der Waals surface area contributed by atoms with Gasteiger partial charge in [-0.1, -0.05) is 66.7 Å². The summed E-state index contributed by atoms with van der Waals surface area (Å²) in [5.41, 5.74) is 4.20. The molecule has 1 fully saturated rings. The average Bonchev–Trinajstić information content (AvgIpc) is 3.08. The minimum absolute atomic E-state index is 0.0193. The summed E-state index contributed by atoms with van der Waals surface area (Å²) in [5.74, 6) is 0.817. The van der Waals surface area contributed by atoms with Crippen LogP contribution in [0.2, 0.25) is 0 Å². The summed E-state index contributed by atoms with van der Waals surface area (Å²) in [7, 11) is 1.66. The molecule has 3 aromatic rings. The average molecular weight is 429 g/mol. The maximum atomic E-state index is 13.3. The van der Waals surface area contributed by atoms with Crippen LogP contribution in [0.4, 0.5) is 0 Å². The summed E-state index contributed by atoms with van der Waals surface area (Å²) in [5, 5.41) is 0.731. The van der Waals surface area contributed by atoms with Crippen LogP contribution in [0.15, 0.2) is 88.8 Å². The Morgan fingerprint density at radius 2 is 1.65 bits per heavy atom. The fraction of sp³-hybridized carbons (Fsp3) is 0.154. The van der Waals surface area contributed by atoms with Gasteiger partial charge in [0.1, 0.15) is 5.75 Å². The lowest BCUT2D eigenvalue weighted by Crippen LogP contribution is -2.28. The predicted octanol–water partition coefficient (Wildman–Crippen LogP) is 5.68. The molecule has 4 rings (SSSR count). The molecule has 0 N–H and O–H groups in total. The summed E-state index contributed by atoms with van der Waals surface area (Å²) in [6.45, 7) is 3.04. The van der Waals surface area contributed by atoms with Crippen LogP contribution in [0.25, 0.3) is 6.08 Å². The monoisotopic (exact) mass is 428 g/mol. The molecule has 0 atom stereocenters. The summed E-state index contributed by atoms with van der Waals surface area (Å²) in [6, 6.07) is 26.0. The third kappa shape index (κ3) is 5.06. The number of aryl methyl sites for hydroxylation is 1. The van der Waals surface area contributed by atoms with Gasteiger partial charge in [0.05, 0.1) is 25.1 Å². The highest BCUT2D eigenvalue weighted by Crippen LogP contribution is 2.34. The van der Waals surface area contributed by atoms with Gasteiger partial charge in [-0.05, 0) is 59.1 Å². The molecule has 156 valence electrons. The Morgan fingerprint density at radius 1 is 0.968 bits per heavy atom. The number of amidine groups is 1. The van der Waals surface area contributed by atoms with Crippen LogP contribution in [0.3, 0.4) is 0 Å². The van der Waals surface area contributed by atoms with Gasteiger partial charge in [-0.3, -0.25) is 14.7 Å². The van der Waals surface area contributed by atoms with Gasteiger partial charge in [0.2, 0.25) is 0 Å². The van der Waals surface area contributed by atoms with Crippen LogP contribution in [0, 0.1) is 6.92 Å². The van der Waals surface area contributed by atoms with Crippen LogP contribution in [0.1, 0.15) is 22.3 Å². The van der Waals surface area contributed by atoms with E-state index in [9.17, 15) is 4.79 Å². The van der Waals surface area contributed by atoms with Gasteiger partial charge in [-0.15, -0.1) is 0 Å². The van der Waals surface area contributed by atoms with Crippen molar-refractivity contribution in [2.45, 2.75) is 20.0 Å². The second kappa shape index (κ2) is 9.67. The van der Waals surface area contributed by atoms with Gasteiger partial charge in [-0.25, -0.2) is 0 Å². The standard InChI is InChI=1S/C26H24N2O2S/c1-19-15-22(13-14-23(19)30-2)16-24-25(29)28(18-21-11-7-4-8-12-21)26(31-24)27-17-20-9-5-3-6-10-20/h3-16H,17-18H2,1-2H3. The summed E-state index contributed by atoms with van der Waals surface area (Å²) >= 11 is 1.43. The molecule has 0 radical (unpaired) electrons. The van der Waals surface area contributed by atoms with Gasteiger partial charge >= 0.3 is 0 Å². The minimum Gasteiger partial charge on any atom is -0.496 e. The SMILES string of the molecule is COc1ccc(C=C2SC(=NCc3ccccc3)N(Cc3ccccc3)C2=O)cc1C. The summed E-state index contributed by atoms with van der Waals surface area (Å²) in [4.78, 5) is 20.5. The van der Waals surface area contributed by atoms with Crippen molar-refractivity contribution in [3.63, 3.8) is 0 Å². The molecule has 0 bridgehead atoms. The van der Waals surface area contributed by atoms with Gasteiger partial charge in [0, 0.05) is 0 Å². The van der Waals surface area contributed by atoms with Crippen molar-refractivity contribution in [2.24, 2.45) is 4.99 Å². The van der Waals surface area contributed by atoms with E-state index in [0.29, 0.717) is 18.0 Å². The molecule has 1 aliphatic rings. The van der Waals surface area contributed by atoms with E-state index in [4.69, 9.17) is 9.73 Å². The molecule has 0 saturated carbocycles. The second-order valence-corrected chi connectivity index (χ2v) is 8.31. The lowest BCUT2D eigenvalue weighted by molar-refractivity contribution is -0.122. The Morgan fingerprint density at radius 3 is 2.29 bits per heavy atom. The molecule has 1 heterocycles. The molecule has 4 nitrogen and oxygen atoms in total. The maximum Gasteiger partial charge on any atom is 0.267 e. The van der Waals surface area contributed by atoms with Crippen LogP contribution in [-0.2, 0) is 17.9 Å². The zero-order valence-electron chi connectivity index (χ0n) is 17.6. The van der Waals surface area contributed by atoms with Gasteiger partial charge in [0.25, 0.3) is 5.91 Å². The molecule has 0 spiro atoms. The van der Waals surface area contributed by atoms with Crippen LogP contribution < -0.4 is 4.74 Å². The number of thioether (sulfide) groups is 1. The van der Waals surface area contributed by atoms with E-state index in [1.165, 1.54) is 11.8 Å². The number of ether oxygens (including phenoxy) is 1. The number of methoxy groups -OCH3 is 1. The highest BCUT2D eigenvalue weighted by atomic mass is 32.2. The Kier molecular flexibility index (Phi) is 6.53. The highest BCUT2D eigenvalue weighted by Gasteiger charge is 2.33. The largest absolute Gasteiger partial charge is 0.496 e. The normalized spacial score (nSPS) is 16.3. The molecule has 3 aromatic carbocycles. The first-order valence-corrected chi connectivity index (χ1v) is 10.9. The number of carbonyl (C=O) groups is 1. The van der Waals surface area contributed by atoms with Gasteiger partial charge in [0.15, 0.2) is 5.17 Å². The molecule has 5 heteroatoms. The van der Waals surface area contributed by atoms with E-state index in [1.807, 2.05) is 91.9 Å². The summed E-state index contributed by atoms with van der Waals surface area (Å²) in [6.07, 6.45) is 1.93. The van der Waals surface area contributed by atoms with Crippen molar-refractivity contribution in [2.75, 3.05) is 7.11 Å². The number of rotatable bonds is 6. The maximum absolute atomic E-state index is 13.3. The van der Waals surface area contributed by atoms with E-state index in [-0.39, 0.29) is 5.91 Å². The molecule has 0 unspecified atom stereocenters. The number of aliphatic imine (C=N–C) groups is 1. The lowest BCUT2D eigenvalue weighted by Gasteiger charge is -2.15. The number of nitrogens with zero attached hydrogens (tertiary/aromatic N) is 2. The number of hydrogen-bond acceptors (Lipinski definition) is 4. The first-order valence-electron chi connectivity index (χ1n) is 10.1. The molecule has 0 aromatic heterocycles. The van der Waals surface area contributed by atoms with Crippen LogP contribution >= 0.6 is 11.8 Å². The predicted molar refractivity (Wildman–Crippen MR) is 128 cm³/mol. The quantitative estimate of drug-likeness (QED) is 0.475. The Balaban J connectivity index is 1.63. The van der Waals surface area contributed by atoms with Crippen molar-refractivity contribution in [3.8, 4) is 5.75 Å². The first kappa shape index (κ1) is 20.9. The zero-order valence-corrected chi connectivity index (χ0v) is 18.4. The number of amides is 1. The third-order valence-electron chi connectivity index (χ3n) is 5.03. The lowest BCUT2D eigenvalue weighted by atomic mass is 10.1. The first-order chi connectivity index (χ1) is 15.1.